The van der Waals surface area contributed by atoms with E-state index in [9.17, 15) is 9.59 Å². The molecule has 3 aliphatic heterocycles. The maximum Gasteiger partial charge on any atom is 0.229 e. The third-order valence-electron chi connectivity index (χ3n) is 6.32. The highest BCUT2D eigenvalue weighted by Gasteiger charge is 2.30. The molecule has 3 heterocycles. The first-order valence-electron chi connectivity index (χ1n) is 11.2. The van der Waals surface area contributed by atoms with E-state index in [1.807, 2.05) is 36.4 Å². The summed E-state index contributed by atoms with van der Waals surface area (Å²) in [5, 5.41) is 0. The summed E-state index contributed by atoms with van der Waals surface area (Å²) >= 11 is 0. The highest BCUT2D eigenvalue weighted by molar-refractivity contribution is 6.11. The number of anilines is 2. The van der Waals surface area contributed by atoms with Crippen LogP contribution >= 0.6 is 0 Å². The van der Waals surface area contributed by atoms with Gasteiger partial charge in [0, 0.05) is 37.0 Å². The van der Waals surface area contributed by atoms with E-state index in [1.165, 1.54) is 19.4 Å². The molecule has 1 amide bonds. The molecule has 0 saturated carbocycles. The van der Waals surface area contributed by atoms with Crippen LogP contribution in [0.3, 0.4) is 0 Å². The number of rotatable bonds is 6. The molecule has 0 aromatic heterocycles. The van der Waals surface area contributed by atoms with E-state index in [4.69, 9.17) is 4.74 Å². The Morgan fingerprint density at radius 2 is 1.97 bits per heavy atom. The topological polar surface area (TPSA) is 62.2 Å². The highest BCUT2D eigenvalue weighted by atomic mass is 19.1. The Kier molecular flexibility index (Phi) is 5.84. The molecule has 0 N–H and O–H groups in total. The number of hydrogen-bond acceptors (Lipinski definition) is 5. The maximum absolute atomic E-state index is 15.1. The van der Waals surface area contributed by atoms with E-state index in [2.05, 4.69) is 4.99 Å². The van der Waals surface area contributed by atoms with E-state index in [0.717, 1.165) is 11.1 Å². The number of carbonyl (C=O) groups is 2. The van der Waals surface area contributed by atoms with Gasteiger partial charge >= 0.3 is 0 Å². The molecule has 1 fully saturated rings. The van der Waals surface area contributed by atoms with Crippen LogP contribution in [0.1, 0.15) is 12.0 Å². The Bertz CT molecular complexity index is 1260. The lowest BCUT2D eigenvalue weighted by molar-refractivity contribution is -0.122. The minimum absolute atomic E-state index is 0.0150. The first kappa shape index (κ1) is 21.8. The number of amides is 1. The van der Waals surface area contributed by atoms with E-state index >= 15 is 4.39 Å². The summed E-state index contributed by atoms with van der Waals surface area (Å²) in [6.07, 6.45) is 8.08. The highest BCUT2D eigenvalue weighted by Crippen LogP contribution is 2.32. The number of aliphatic imine (C=N–C) groups is 1. The summed E-state index contributed by atoms with van der Waals surface area (Å²) in [4.78, 5) is 32.8. The second kappa shape index (κ2) is 9.09. The van der Waals surface area contributed by atoms with Crippen LogP contribution in [-0.4, -0.2) is 44.1 Å². The summed E-state index contributed by atoms with van der Waals surface area (Å²) in [7, 11) is 1.43. The first-order chi connectivity index (χ1) is 16.5. The van der Waals surface area contributed by atoms with Crippen LogP contribution in [0.15, 0.2) is 88.8 Å². The fourth-order valence-corrected chi connectivity index (χ4v) is 4.40. The van der Waals surface area contributed by atoms with Crippen LogP contribution in [0.2, 0.25) is 0 Å². The van der Waals surface area contributed by atoms with E-state index in [1.54, 1.807) is 34.2 Å². The average Bonchev–Trinajstić information content (AvgIpc) is 3.21. The van der Waals surface area contributed by atoms with Crippen LogP contribution in [-0.2, 0) is 20.7 Å². The summed E-state index contributed by atoms with van der Waals surface area (Å²) in [6, 6.07) is 14.5. The van der Waals surface area contributed by atoms with Gasteiger partial charge in [0.2, 0.25) is 11.7 Å². The van der Waals surface area contributed by atoms with E-state index < -0.39 is 5.82 Å². The van der Waals surface area contributed by atoms with Gasteiger partial charge in [-0.3, -0.25) is 14.6 Å². The van der Waals surface area contributed by atoms with Crippen molar-refractivity contribution in [3.63, 3.8) is 0 Å². The van der Waals surface area contributed by atoms with Gasteiger partial charge in [-0.25, -0.2) is 4.39 Å². The number of ketones is 1. The molecule has 1 atom stereocenters. The van der Waals surface area contributed by atoms with Crippen LogP contribution in [0.5, 0.6) is 0 Å². The number of halogens is 1. The molecule has 0 bridgehead atoms. The predicted octanol–water partition coefficient (Wildman–Crippen LogP) is 3.99. The molecule has 3 aliphatic rings. The molecule has 0 spiro atoms. The van der Waals surface area contributed by atoms with E-state index in [-0.39, 0.29) is 30.0 Å². The fraction of sp³-hybridized carbons (Fsp3) is 0.222. The summed E-state index contributed by atoms with van der Waals surface area (Å²) < 4.78 is 20.5. The zero-order valence-electron chi connectivity index (χ0n) is 18.8. The fourth-order valence-electron chi connectivity index (χ4n) is 4.40. The maximum atomic E-state index is 15.1. The molecule has 2 aromatic rings. The Balaban J connectivity index is 1.42. The van der Waals surface area contributed by atoms with Crippen LogP contribution in [0, 0.1) is 5.82 Å². The van der Waals surface area contributed by atoms with Gasteiger partial charge in [-0.1, -0.05) is 36.4 Å². The Labute approximate surface area is 197 Å². The molecule has 0 radical (unpaired) electrons. The van der Waals surface area contributed by atoms with Gasteiger partial charge in [-0.2, -0.15) is 0 Å². The number of methoxy groups -OCH3 is 1. The van der Waals surface area contributed by atoms with Crippen LogP contribution in [0.25, 0.3) is 0 Å². The van der Waals surface area contributed by atoms with Gasteiger partial charge in [-0.15, -0.1) is 0 Å². The molecule has 7 heteroatoms. The Hall–Kier alpha value is -4.00. The number of β-lactam (4-membered cyclic amide) rings is 1. The van der Waals surface area contributed by atoms with Crippen molar-refractivity contribution in [2.24, 2.45) is 4.99 Å². The number of allylic oxidation sites excluding steroid dienone is 2. The van der Waals surface area contributed by atoms with Crippen molar-refractivity contribution in [3.8, 4) is 0 Å². The molecule has 0 aliphatic carbocycles. The predicted molar refractivity (Wildman–Crippen MR) is 129 cm³/mol. The zero-order valence-corrected chi connectivity index (χ0v) is 18.8. The molecule has 6 nitrogen and oxygen atoms in total. The molecule has 5 rings (SSSR count). The molecular formula is C27H24FN3O3. The molecule has 1 saturated heterocycles. The van der Waals surface area contributed by atoms with Crippen molar-refractivity contribution in [2.45, 2.75) is 18.9 Å². The van der Waals surface area contributed by atoms with Gasteiger partial charge < -0.3 is 14.5 Å². The SMILES string of the molecule is COC1=CN(c2ccc(N3CCC3=O)cc2F)CC=C(C2=CC=NC2Cc2ccccc2)C1=O. The molecule has 172 valence electrons. The number of Topliss-reactive ketones (excluding diaryl/α,β-unsaturated/α-hetero) is 1. The van der Waals surface area contributed by atoms with E-state index in [0.29, 0.717) is 36.3 Å². The Morgan fingerprint density at radius 3 is 2.65 bits per heavy atom. The third kappa shape index (κ3) is 4.05. The number of ether oxygens (including phenoxy) is 1. The van der Waals surface area contributed by atoms with Gasteiger partial charge in [0.1, 0.15) is 5.82 Å². The number of hydrogen-bond donors (Lipinski definition) is 0. The lowest BCUT2D eigenvalue weighted by Gasteiger charge is -2.31. The van der Waals surface area contributed by atoms with Gasteiger partial charge in [0.15, 0.2) is 5.76 Å². The quantitative estimate of drug-likeness (QED) is 0.616. The largest absolute Gasteiger partial charge is 0.491 e. The van der Waals surface area contributed by atoms with Crippen LogP contribution in [0.4, 0.5) is 15.8 Å². The number of carbonyl (C=O) groups excluding carboxylic acids is 2. The molecular weight excluding hydrogens is 433 g/mol. The van der Waals surface area contributed by atoms with Crippen molar-refractivity contribution in [2.75, 3.05) is 30.0 Å². The average molecular weight is 458 g/mol. The first-order valence-corrected chi connectivity index (χ1v) is 11.2. The van der Waals surface area contributed by atoms with Crippen molar-refractivity contribution in [1.82, 2.24) is 0 Å². The molecule has 34 heavy (non-hydrogen) atoms. The minimum atomic E-state index is -0.474. The van der Waals surface area contributed by atoms with Crippen LogP contribution < -0.4 is 9.80 Å². The second-order valence-corrected chi connectivity index (χ2v) is 8.35. The van der Waals surface area contributed by atoms with Crippen molar-refractivity contribution in [1.29, 1.82) is 0 Å². The Morgan fingerprint density at radius 1 is 1.15 bits per heavy atom. The monoisotopic (exact) mass is 457 g/mol. The molecule has 2 aromatic carbocycles. The summed E-state index contributed by atoms with van der Waals surface area (Å²) in [5.41, 5.74) is 3.30. The smallest absolute Gasteiger partial charge is 0.229 e. The van der Waals surface area contributed by atoms with Crippen molar-refractivity contribution in [3.05, 3.63) is 95.2 Å². The normalized spacial score (nSPS) is 19.9. The standard InChI is InChI=1S/C27H24FN3O3/c1-34-25-17-30(24-8-7-19(16-22(24)28)31-14-11-26(31)32)13-10-21(27(25)33)20-9-12-29-23(20)15-18-5-3-2-4-6-18/h2-10,12,16-17,23H,11,13-15H2,1H3. The van der Waals surface area contributed by atoms with Gasteiger partial charge in [0.25, 0.3) is 0 Å². The van der Waals surface area contributed by atoms with Crippen molar-refractivity contribution < 1.29 is 18.7 Å². The minimum Gasteiger partial charge on any atom is -0.491 e. The number of benzene rings is 2. The van der Waals surface area contributed by atoms with Gasteiger partial charge in [0.05, 0.1) is 25.0 Å². The summed E-state index contributed by atoms with van der Waals surface area (Å²) in [5.74, 6) is -0.628. The summed E-state index contributed by atoms with van der Waals surface area (Å²) in [6.45, 7) is 0.874. The lowest BCUT2D eigenvalue weighted by atomic mass is 9.91. The van der Waals surface area contributed by atoms with Crippen molar-refractivity contribution >= 4 is 29.3 Å². The zero-order chi connectivity index (χ0) is 23.7. The molecule has 1 unspecified atom stereocenters. The number of nitrogens with zero attached hydrogens (tertiary/aromatic N) is 3. The third-order valence-corrected chi connectivity index (χ3v) is 6.32. The van der Waals surface area contributed by atoms with Gasteiger partial charge in [-0.05, 0) is 41.8 Å². The lowest BCUT2D eigenvalue weighted by Crippen LogP contribution is -2.43. The second-order valence-electron chi connectivity index (χ2n) is 8.35.